The fraction of sp³-hybridized carbons (Fsp3) is 0.304. The van der Waals surface area contributed by atoms with Crippen molar-refractivity contribution in [1.29, 1.82) is 0 Å². The quantitative estimate of drug-likeness (QED) is 0.370. The molecule has 0 radical (unpaired) electrons. The molecule has 1 N–H and O–H groups in total. The van der Waals surface area contributed by atoms with Crippen molar-refractivity contribution in [3.05, 3.63) is 45.5 Å². The molecule has 0 unspecified atom stereocenters. The van der Waals surface area contributed by atoms with Gasteiger partial charge in [0.2, 0.25) is 5.76 Å². The number of fused-ring (bicyclic) bond motifs is 1. The van der Waals surface area contributed by atoms with Crippen molar-refractivity contribution >= 4 is 51.1 Å². The number of aryl methyl sites for hydroxylation is 1. The van der Waals surface area contributed by atoms with Gasteiger partial charge < -0.3 is 28.7 Å². The molecule has 1 amide bonds. The van der Waals surface area contributed by atoms with Crippen LogP contribution in [0.25, 0.3) is 11.0 Å². The summed E-state index contributed by atoms with van der Waals surface area (Å²) in [5.41, 5.74) is 1.35. The third-order valence-corrected chi connectivity index (χ3v) is 6.09. The summed E-state index contributed by atoms with van der Waals surface area (Å²) in [5.74, 6) is -2.34. The predicted molar refractivity (Wildman–Crippen MR) is 123 cm³/mol. The third-order valence-electron chi connectivity index (χ3n) is 4.90. The Morgan fingerprint density at radius 1 is 1.00 bits per heavy atom. The highest BCUT2D eigenvalue weighted by atomic mass is 32.1. The summed E-state index contributed by atoms with van der Waals surface area (Å²) in [7, 11) is 2.38. The van der Waals surface area contributed by atoms with E-state index in [2.05, 4.69) is 5.32 Å². The van der Waals surface area contributed by atoms with Crippen molar-refractivity contribution in [2.75, 3.05) is 32.8 Å². The Hall–Kier alpha value is -3.86. The number of ether oxygens (including phenoxy) is 4. The van der Waals surface area contributed by atoms with Gasteiger partial charge in [0.1, 0.15) is 21.2 Å². The molecular formula is C23H23NO9S. The maximum atomic E-state index is 12.6. The highest BCUT2D eigenvalue weighted by Gasteiger charge is 2.27. The molecule has 0 aliphatic carbocycles. The molecule has 3 rings (SSSR count). The van der Waals surface area contributed by atoms with Crippen LogP contribution in [0, 0.1) is 13.8 Å². The van der Waals surface area contributed by atoms with E-state index in [0.717, 1.165) is 11.3 Å². The second-order valence-corrected chi connectivity index (χ2v) is 8.04. The molecule has 0 saturated heterocycles. The minimum Gasteiger partial charge on any atom is -0.494 e. The van der Waals surface area contributed by atoms with Gasteiger partial charge in [0.15, 0.2) is 6.61 Å². The number of hydrogen-bond donors (Lipinski definition) is 1. The molecule has 0 atom stereocenters. The van der Waals surface area contributed by atoms with Crippen LogP contribution in [0.5, 0.6) is 5.75 Å². The third kappa shape index (κ3) is 4.88. The Morgan fingerprint density at radius 2 is 1.71 bits per heavy atom. The average Bonchev–Trinajstić information content (AvgIpc) is 3.33. The van der Waals surface area contributed by atoms with Crippen LogP contribution in [0.4, 0.5) is 5.00 Å². The molecular weight excluding hydrogens is 466 g/mol. The molecule has 1 aromatic carbocycles. The molecule has 0 fully saturated rings. The van der Waals surface area contributed by atoms with Gasteiger partial charge in [-0.3, -0.25) is 4.79 Å². The highest BCUT2D eigenvalue weighted by Crippen LogP contribution is 2.34. The fourth-order valence-corrected chi connectivity index (χ4v) is 4.38. The average molecular weight is 490 g/mol. The number of carbonyl (C=O) groups excluding carboxylic acids is 4. The van der Waals surface area contributed by atoms with E-state index >= 15 is 0 Å². The van der Waals surface area contributed by atoms with Gasteiger partial charge in [-0.1, -0.05) is 0 Å². The summed E-state index contributed by atoms with van der Waals surface area (Å²) in [5, 5.41) is 3.25. The van der Waals surface area contributed by atoms with Crippen molar-refractivity contribution in [1.82, 2.24) is 0 Å². The standard InChI is InChI=1S/C23H23NO9S/c1-6-31-13-7-8-15-14(9-13)11(2)18(33-15)22(27)32-10-16(25)24-20-17(21(26)29-4)12(3)19(34-20)23(28)30-5/h7-9H,6,10H2,1-5H3,(H,24,25). The normalized spacial score (nSPS) is 10.6. The van der Waals surface area contributed by atoms with Crippen LogP contribution in [-0.2, 0) is 19.0 Å². The fourth-order valence-electron chi connectivity index (χ4n) is 3.25. The maximum absolute atomic E-state index is 12.6. The van der Waals surface area contributed by atoms with Gasteiger partial charge in [-0.15, -0.1) is 11.3 Å². The number of carbonyl (C=O) groups is 4. The number of benzene rings is 1. The zero-order chi connectivity index (χ0) is 25.0. The first kappa shape index (κ1) is 24.8. The van der Waals surface area contributed by atoms with Crippen LogP contribution in [0.2, 0.25) is 0 Å². The SMILES string of the molecule is CCOc1ccc2oc(C(=O)OCC(=O)Nc3sc(C(=O)OC)c(C)c3C(=O)OC)c(C)c2c1. The van der Waals surface area contributed by atoms with E-state index in [1.807, 2.05) is 6.92 Å². The van der Waals surface area contributed by atoms with Crippen molar-refractivity contribution in [3.63, 3.8) is 0 Å². The van der Waals surface area contributed by atoms with Crippen LogP contribution in [0.3, 0.4) is 0 Å². The zero-order valence-corrected chi connectivity index (χ0v) is 20.0. The maximum Gasteiger partial charge on any atom is 0.375 e. The number of nitrogens with one attached hydrogen (secondary N) is 1. The lowest BCUT2D eigenvalue weighted by molar-refractivity contribution is -0.119. The molecule has 11 heteroatoms. The van der Waals surface area contributed by atoms with Gasteiger partial charge in [-0.05, 0) is 44.5 Å². The highest BCUT2D eigenvalue weighted by molar-refractivity contribution is 7.18. The predicted octanol–water partition coefficient (Wildman–Crippen LogP) is 3.88. The Kier molecular flexibility index (Phi) is 7.57. The monoisotopic (exact) mass is 489 g/mol. The van der Waals surface area contributed by atoms with E-state index in [1.54, 1.807) is 25.1 Å². The first-order chi connectivity index (χ1) is 16.2. The van der Waals surface area contributed by atoms with Gasteiger partial charge in [-0.2, -0.15) is 0 Å². The molecule has 180 valence electrons. The Labute approximate surface area is 198 Å². The number of thiophene rings is 1. The van der Waals surface area contributed by atoms with Gasteiger partial charge in [0, 0.05) is 10.9 Å². The van der Waals surface area contributed by atoms with Gasteiger partial charge in [0.05, 0.1) is 26.4 Å². The van der Waals surface area contributed by atoms with E-state index in [1.165, 1.54) is 21.1 Å². The van der Waals surface area contributed by atoms with Crippen LogP contribution in [0.1, 0.15) is 48.6 Å². The summed E-state index contributed by atoms with van der Waals surface area (Å²) >= 11 is 0.854. The summed E-state index contributed by atoms with van der Waals surface area (Å²) in [6.07, 6.45) is 0. The smallest absolute Gasteiger partial charge is 0.375 e. The topological polar surface area (TPSA) is 130 Å². The molecule has 0 aliphatic rings. The number of esters is 3. The molecule has 2 aromatic heterocycles. The Morgan fingerprint density at radius 3 is 2.35 bits per heavy atom. The minimum absolute atomic E-state index is 0.0193. The lowest BCUT2D eigenvalue weighted by Crippen LogP contribution is -2.21. The molecule has 2 heterocycles. The largest absolute Gasteiger partial charge is 0.494 e. The first-order valence-electron chi connectivity index (χ1n) is 10.1. The van der Waals surface area contributed by atoms with E-state index in [0.29, 0.717) is 34.5 Å². The van der Waals surface area contributed by atoms with Gasteiger partial charge >= 0.3 is 17.9 Å². The lowest BCUT2D eigenvalue weighted by Gasteiger charge is -2.07. The summed E-state index contributed by atoms with van der Waals surface area (Å²) in [6, 6.07) is 5.17. The molecule has 10 nitrogen and oxygen atoms in total. The number of hydrogen-bond acceptors (Lipinski definition) is 10. The van der Waals surface area contributed by atoms with Crippen molar-refractivity contribution in [3.8, 4) is 5.75 Å². The lowest BCUT2D eigenvalue weighted by atomic mass is 10.1. The van der Waals surface area contributed by atoms with Crippen LogP contribution in [-0.4, -0.2) is 51.2 Å². The van der Waals surface area contributed by atoms with Gasteiger partial charge in [-0.25, -0.2) is 14.4 Å². The van der Waals surface area contributed by atoms with Crippen molar-refractivity contribution < 1.29 is 42.5 Å². The van der Waals surface area contributed by atoms with Crippen LogP contribution >= 0.6 is 11.3 Å². The minimum atomic E-state index is -0.826. The van der Waals surface area contributed by atoms with Crippen molar-refractivity contribution in [2.45, 2.75) is 20.8 Å². The van der Waals surface area contributed by atoms with E-state index in [9.17, 15) is 19.2 Å². The summed E-state index contributed by atoms with van der Waals surface area (Å²) in [4.78, 5) is 49.3. The Bertz CT molecular complexity index is 1270. The molecule has 0 aliphatic heterocycles. The summed E-state index contributed by atoms with van der Waals surface area (Å²) in [6.45, 7) is 4.94. The van der Waals surface area contributed by atoms with E-state index < -0.39 is 30.4 Å². The second kappa shape index (κ2) is 10.4. The molecule has 0 spiro atoms. The van der Waals surface area contributed by atoms with Crippen molar-refractivity contribution in [2.24, 2.45) is 0 Å². The molecule has 34 heavy (non-hydrogen) atoms. The van der Waals surface area contributed by atoms with Crippen LogP contribution < -0.4 is 10.1 Å². The molecule has 0 bridgehead atoms. The molecule has 0 saturated carbocycles. The second-order valence-electron chi connectivity index (χ2n) is 7.01. The Balaban J connectivity index is 1.74. The number of methoxy groups -OCH3 is 2. The number of rotatable bonds is 8. The number of furan rings is 1. The molecule has 3 aromatic rings. The number of anilines is 1. The van der Waals surface area contributed by atoms with Crippen LogP contribution in [0.15, 0.2) is 22.6 Å². The zero-order valence-electron chi connectivity index (χ0n) is 19.2. The van der Waals surface area contributed by atoms with E-state index in [-0.39, 0.29) is 21.2 Å². The van der Waals surface area contributed by atoms with E-state index in [4.69, 9.17) is 23.4 Å². The summed E-state index contributed by atoms with van der Waals surface area (Å²) < 4.78 is 25.6. The first-order valence-corrected chi connectivity index (χ1v) is 11.0. The van der Waals surface area contributed by atoms with Gasteiger partial charge in [0.25, 0.3) is 5.91 Å². The number of amides is 1.